The summed E-state index contributed by atoms with van der Waals surface area (Å²) in [4.78, 5) is 23.2. The maximum Gasteiger partial charge on any atom is 0.407 e. The second-order valence-corrected chi connectivity index (χ2v) is 8.53. The highest BCUT2D eigenvalue weighted by Crippen LogP contribution is 2.44. The molecule has 2 N–H and O–H groups in total. The van der Waals surface area contributed by atoms with E-state index in [1.807, 2.05) is 60.7 Å². The molecule has 1 aromatic heterocycles. The van der Waals surface area contributed by atoms with Crippen LogP contribution in [0.2, 0.25) is 0 Å². The summed E-state index contributed by atoms with van der Waals surface area (Å²) in [5.74, 6) is -0.622. The van der Waals surface area contributed by atoms with Crippen molar-refractivity contribution in [3.05, 3.63) is 113 Å². The SMILES string of the molecule is O=C(NCCC=Cc1ccc(-c2ccc(C(=O)O)o2)cc1)OCC1c2ccccc2-c2ccccc21. The third-order valence-electron chi connectivity index (χ3n) is 6.25. The molecule has 1 amide bonds. The Kier molecular flexibility index (Phi) is 6.67. The predicted molar refractivity (Wildman–Crippen MR) is 138 cm³/mol. The number of rotatable bonds is 8. The molecule has 0 fully saturated rings. The molecule has 1 aliphatic rings. The third kappa shape index (κ3) is 4.93. The van der Waals surface area contributed by atoms with Crippen molar-refractivity contribution in [3.63, 3.8) is 0 Å². The number of carbonyl (C=O) groups excluding carboxylic acids is 1. The largest absolute Gasteiger partial charge is 0.475 e. The lowest BCUT2D eigenvalue weighted by atomic mass is 9.98. The number of hydrogen-bond acceptors (Lipinski definition) is 4. The number of fused-ring (bicyclic) bond motifs is 3. The molecule has 3 aromatic carbocycles. The van der Waals surface area contributed by atoms with Crippen molar-refractivity contribution in [1.82, 2.24) is 5.32 Å². The zero-order valence-electron chi connectivity index (χ0n) is 19.5. The fourth-order valence-corrected chi connectivity index (χ4v) is 4.49. The Balaban J connectivity index is 1.08. The molecule has 5 rings (SSSR count). The first-order valence-electron chi connectivity index (χ1n) is 11.8. The van der Waals surface area contributed by atoms with Crippen molar-refractivity contribution in [2.24, 2.45) is 0 Å². The van der Waals surface area contributed by atoms with Gasteiger partial charge in [-0.15, -0.1) is 0 Å². The molecule has 6 nitrogen and oxygen atoms in total. The lowest BCUT2D eigenvalue weighted by molar-refractivity contribution is 0.0663. The van der Waals surface area contributed by atoms with E-state index in [9.17, 15) is 9.59 Å². The van der Waals surface area contributed by atoms with E-state index in [0.717, 1.165) is 11.1 Å². The van der Waals surface area contributed by atoms with E-state index < -0.39 is 12.1 Å². The molecule has 36 heavy (non-hydrogen) atoms. The monoisotopic (exact) mass is 479 g/mol. The quantitative estimate of drug-likeness (QED) is 0.279. The molecule has 1 aliphatic carbocycles. The van der Waals surface area contributed by atoms with Gasteiger partial charge in [0, 0.05) is 18.0 Å². The van der Waals surface area contributed by atoms with Crippen LogP contribution < -0.4 is 5.32 Å². The van der Waals surface area contributed by atoms with Gasteiger partial charge in [0.1, 0.15) is 12.4 Å². The summed E-state index contributed by atoms with van der Waals surface area (Å²) in [6.45, 7) is 0.765. The number of nitrogens with one attached hydrogen (secondary N) is 1. The van der Waals surface area contributed by atoms with Crippen LogP contribution in [0.1, 0.15) is 39.6 Å². The average Bonchev–Trinajstić information content (AvgIpc) is 3.52. The molecule has 0 saturated heterocycles. The van der Waals surface area contributed by atoms with Crippen LogP contribution in [-0.4, -0.2) is 30.3 Å². The van der Waals surface area contributed by atoms with Crippen LogP contribution in [-0.2, 0) is 4.74 Å². The van der Waals surface area contributed by atoms with Gasteiger partial charge in [-0.1, -0.05) is 84.9 Å². The van der Waals surface area contributed by atoms with Crippen molar-refractivity contribution in [2.75, 3.05) is 13.2 Å². The van der Waals surface area contributed by atoms with Crippen molar-refractivity contribution < 1.29 is 23.8 Å². The Morgan fingerprint density at radius 1 is 0.889 bits per heavy atom. The second-order valence-electron chi connectivity index (χ2n) is 8.53. The van der Waals surface area contributed by atoms with Crippen molar-refractivity contribution >= 4 is 18.1 Å². The van der Waals surface area contributed by atoms with Gasteiger partial charge in [0.05, 0.1) is 0 Å². The third-order valence-corrected chi connectivity index (χ3v) is 6.25. The van der Waals surface area contributed by atoms with Crippen LogP contribution >= 0.6 is 0 Å². The van der Waals surface area contributed by atoms with Crippen molar-refractivity contribution in [3.8, 4) is 22.5 Å². The lowest BCUT2D eigenvalue weighted by Gasteiger charge is -2.14. The van der Waals surface area contributed by atoms with Crippen LogP contribution in [0.5, 0.6) is 0 Å². The number of alkyl carbamates (subject to hydrolysis) is 1. The number of ether oxygens (including phenoxy) is 1. The van der Waals surface area contributed by atoms with Gasteiger partial charge in [0.25, 0.3) is 0 Å². The zero-order chi connectivity index (χ0) is 24.9. The molecule has 0 aliphatic heterocycles. The van der Waals surface area contributed by atoms with E-state index in [2.05, 4.69) is 29.6 Å². The number of hydrogen-bond donors (Lipinski definition) is 2. The fourth-order valence-electron chi connectivity index (χ4n) is 4.49. The molecule has 0 atom stereocenters. The fraction of sp³-hybridized carbons (Fsp3) is 0.133. The number of carboxylic acids is 1. The standard InChI is InChI=1S/C30H25NO5/c32-29(33)28-17-16-27(36-28)21-14-12-20(13-15-21)7-5-6-18-31-30(34)35-19-26-24-10-3-1-8-22(24)23-9-2-4-11-25(23)26/h1-5,7-17,26H,6,18-19H2,(H,31,34)(H,32,33). The van der Waals surface area contributed by atoms with Gasteiger partial charge in [0.2, 0.25) is 5.76 Å². The van der Waals surface area contributed by atoms with Crippen LogP contribution in [0.3, 0.4) is 0 Å². The van der Waals surface area contributed by atoms with Gasteiger partial charge in [-0.25, -0.2) is 9.59 Å². The first kappa shape index (κ1) is 23.2. The van der Waals surface area contributed by atoms with Crippen LogP contribution in [0, 0.1) is 0 Å². The van der Waals surface area contributed by atoms with Gasteiger partial charge < -0.3 is 19.6 Å². The molecule has 0 saturated carbocycles. The number of amides is 1. The Morgan fingerprint density at radius 3 is 2.19 bits per heavy atom. The predicted octanol–water partition coefficient (Wildman–Crippen LogP) is 6.59. The molecule has 0 radical (unpaired) electrons. The van der Waals surface area contributed by atoms with Gasteiger partial charge in [-0.2, -0.15) is 0 Å². The number of furan rings is 1. The van der Waals surface area contributed by atoms with Gasteiger partial charge in [0.15, 0.2) is 0 Å². The smallest absolute Gasteiger partial charge is 0.407 e. The lowest BCUT2D eigenvalue weighted by Crippen LogP contribution is -2.26. The van der Waals surface area contributed by atoms with E-state index in [-0.39, 0.29) is 11.7 Å². The van der Waals surface area contributed by atoms with Gasteiger partial charge >= 0.3 is 12.1 Å². The topological polar surface area (TPSA) is 88.8 Å². The molecule has 6 heteroatoms. The summed E-state index contributed by atoms with van der Waals surface area (Å²) >= 11 is 0. The summed E-state index contributed by atoms with van der Waals surface area (Å²) in [6.07, 6.45) is 4.18. The Hall–Kier alpha value is -4.58. The first-order valence-corrected chi connectivity index (χ1v) is 11.8. The summed E-state index contributed by atoms with van der Waals surface area (Å²) < 4.78 is 10.9. The molecule has 180 valence electrons. The molecule has 1 heterocycles. The number of carbonyl (C=O) groups is 2. The van der Waals surface area contributed by atoms with E-state index in [4.69, 9.17) is 14.3 Å². The molecular formula is C30H25NO5. The van der Waals surface area contributed by atoms with E-state index in [1.54, 1.807) is 6.07 Å². The zero-order valence-corrected chi connectivity index (χ0v) is 19.5. The normalized spacial score (nSPS) is 12.3. The molecule has 0 bridgehead atoms. The van der Waals surface area contributed by atoms with Crippen LogP contribution in [0.25, 0.3) is 28.5 Å². The Bertz CT molecular complexity index is 1370. The average molecular weight is 480 g/mol. The molecule has 4 aromatic rings. The number of aromatic carboxylic acids is 1. The Labute approximate surface area is 208 Å². The highest BCUT2D eigenvalue weighted by Gasteiger charge is 2.28. The highest BCUT2D eigenvalue weighted by atomic mass is 16.5. The molecule has 0 spiro atoms. The summed E-state index contributed by atoms with van der Waals surface area (Å²) in [5, 5.41) is 11.8. The Morgan fingerprint density at radius 2 is 1.56 bits per heavy atom. The molecule has 0 unspecified atom stereocenters. The van der Waals surface area contributed by atoms with Gasteiger partial charge in [-0.3, -0.25) is 0 Å². The van der Waals surface area contributed by atoms with Gasteiger partial charge in [-0.05, 0) is 46.4 Å². The highest BCUT2D eigenvalue weighted by molar-refractivity contribution is 5.85. The minimum absolute atomic E-state index is 0.0444. The minimum Gasteiger partial charge on any atom is -0.475 e. The number of benzene rings is 3. The van der Waals surface area contributed by atoms with Crippen LogP contribution in [0.15, 0.2) is 95.4 Å². The first-order chi connectivity index (χ1) is 17.6. The van der Waals surface area contributed by atoms with E-state index >= 15 is 0 Å². The summed E-state index contributed by atoms with van der Waals surface area (Å²) in [5.41, 5.74) is 6.58. The van der Waals surface area contributed by atoms with Crippen molar-refractivity contribution in [1.29, 1.82) is 0 Å². The van der Waals surface area contributed by atoms with Crippen molar-refractivity contribution in [2.45, 2.75) is 12.3 Å². The maximum absolute atomic E-state index is 12.3. The summed E-state index contributed by atoms with van der Waals surface area (Å²) in [6, 6.07) is 27.2. The second kappa shape index (κ2) is 10.4. The maximum atomic E-state index is 12.3. The van der Waals surface area contributed by atoms with E-state index in [1.165, 1.54) is 28.3 Å². The molecular weight excluding hydrogens is 454 g/mol. The number of carboxylic acid groups (broad SMARTS) is 1. The minimum atomic E-state index is -1.09. The summed E-state index contributed by atoms with van der Waals surface area (Å²) in [7, 11) is 0. The van der Waals surface area contributed by atoms with Crippen LogP contribution in [0.4, 0.5) is 4.79 Å². The van der Waals surface area contributed by atoms with E-state index in [0.29, 0.717) is 25.3 Å².